The van der Waals surface area contributed by atoms with Gasteiger partial charge in [-0.05, 0) is 5.53 Å². The van der Waals surface area contributed by atoms with Crippen molar-refractivity contribution in [3.8, 4) is 0 Å². The molecule has 0 atom stereocenters. The largest absolute Gasteiger partial charge is 1.00 e. The predicted molar refractivity (Wildman–Crippen MR) is 47.0 cm³/mol. The van der Waals surface area contributed by atoms with Crippen LogP contribution in [0.1, 0.15) is 1.43 Å². The maximum atomic E-state index is 10.8. The molecular weight excluding hydrogens is 257 g/mol. The summed E-state index contributed by atoms with van der Waals surface area (Å²) in [5.41, 5.74) is 7.85. The maximum absolute atomic E-state index is 10.8. The van der Waals surface area contributed by atoms with Crippen LogP contribution in [0.15, 0.2) is 23.2 Å². The van der Waals surface area contributed by atoms with E-state index in [0.29, 0.717) is 3.97 Å². The Hall–Kier alpha value is -1.75. The van der Waals surface area contributed by atoms with E-state index in [1.807, 2.05) is 0 Å². The first kappa shape index (κ1) is 14.3. The zero-order valence-electron chi connectivity index (χ0n) is 8.28. The molecule has 0 spiro atoms. The number of azide groups is 1. The lowest BCUT2D eigenvalue weighted by Crippen LogP contribution is -2.05. The Kier molecular flexibility index (Phi) is 4.78. The molecule has 90 valence electrons. The van der Waals surface area contributed by atoms with Crippen LogP contribution < -0.4 is 0 Å². The lowest BCUT2D eigenvalue weighted by molar-refractivity contribution is 0.368. The van der Waals surface area contributed by atoms with Gasteiger partial charge >= 0.3 is 18.9 Å². The van der Waals surface area contributed by atoms with Gasteiger partial charge in [-0.2, -0.15) is 8.42 Å². The molecule has 0 unspecified atom stereocenters. The van der Waals surface area contributed by atoms with Crippen LogP contribution in [0.3, 0.4) is 0 Å². The first-order valence-electron chi connectivity index (χ1n) is 3.34. The Bertz CT molecular complexity index is 462. The Balaban J connectivity index is 0. The monoisotopic (exact) mass is 261 g/mol. The molecule has 0 amide bonds. The fourth-order valence-electron chi connectivity index (χ4n) is 0.472. The fraction of sp³-hybridized carbons (Fsp3) is 0. The van der Waals surface area contributed by atoms with Gasteiger partial charge in [0, 0.05) is 17.3 Å². The van der Waals surface area contributed by atoms with Crippen molar-refractivity contribution in [3.05, 3.63) is 29.2 Å². The molecule has 7 nitrogen and oxygen atoms in total. The molecule has 1 aromatic heterocycles. The second kappa shape index (κ2) is 5.37. The van der Waals surface area contributed by atoms with Gasteiger partial charge in [-0.3, -0.25) is 0 Å². The van der Waals surface area contributed by atoms with Crippen molar-refractivity contribution in [2.75, 3.05) is 0 Å². The van der Waals surface area contributed by atoms with Gasteiger partial charge in [0.2, 0.25) is 0 Å². The standard InChI is InChI=1S/C3H3N5O2S.BF4/c4-6-7-11(9,10)8-2-1-5-3-8;2-1(3,4)5/h1-3H;/q;-1/p+1. The average Bonchev–Trinajstić information content (AvgIpc) is 2.51. The molecule has 13 heteroatoms. The first-order chi connectivity index (χ1) is 7.17. The van der Waals surface area contributed by atoms with Crippen molar-refractivity contribution >= 4 is 17.5 Å². The molecule has 0 bridgehead atoms. The second-order valence-electron chi connectivity index (χ2n) is 2.04. The van der Waals surface area contributed by atoms with Gasteiger partial charge in [0.1, 0.15) is 6.33 Å². The van der Waals surface area contributed by atoms with Crippen molar-refractivity contribution in [1.29, 1.82) is 0 Å². The van der Waals surface area contributed by atoms with Crippen molar-refractivity contribution < 1.29 is 27.1 Å². The number of rotatable bonds is 2. The van der Waals surface area contributed by atoms with Crippen LogP contribution in [0.5, 0.6) is 0 Å². The summed E-state index contributed by atoms with van der Waals surface area (Å²) in [7, 11) is -9.90. The van der Waals surface area contributed by atoms with Crippen LogP contribution in [0, 0.1) is 0 Å². The summed E-state index contributed by atoms with van der Waals surface area (Å²) in [6.07, 6.45) is 3.47. The zero-order valence-corrected chi connectivity index (χ0v) is 8.10. The van der Waals surface area contributed by atoms with Gasteiger partial charge in [0.25, 0.3) is 0 Å². The van der Waals surface area contributed by atoms with Crippen molar-refractivity contribution in [1.82, 2.24) is 8.96 Å². The summed E-state index contributed by atoms with van der Waals surface area (Å²) >= 11 is 0. The molecule has 0 saturated carbocycles. The predicted octanol–water partition coefficient (Wildman–Crippen LogP) is 1.70. The Morgan fingerprint density at radius 1 is 1.44 bits per heavy atom. The van der Waals surface area contributed by atoms with E-state index in [-0.39, 0.29) is 1.43 Å². The van der Waals surface area contributed by atoms with Crippen molar-refractivity contribution in [2.45, 2.75) is 0 Å². The van der Waals surface area contributed by atoms with Gasteiger partial charge in [0.15, 0.2) is 0 Å². The van der Waals surface area contributed by atoms with E-state index in [9.17, 15) is 25.7 Å². The Labute approximate surface area is 88.1 Å². The summed E-state index contributed by atoms with van der Waals surface area (Å²) in [5, 5.41) is 0. The number of hydrogen-bond donors (Lipinski definition) is 0. The molecule has 0 aliphatic heterocycles. The molecule has 1 heterocycles. The van der Waals surface area contributed by atoms with Crippen LogP contribution in [-0.4, -0.2) is 24.6 Å². The molecule has 16 heavy (non-hydrogen) atoms. The van der Waals surface area contributed by atoms with E-state index >= 15 is 0 Å². The van der Waals surface area contributed by atoms with Crippen LogP contribution in [0.2, 0.25) is 0 Å². The van der Waals surface area contributed by atoms with Crippen molar-refractivity contribution in [2.24, 2.45) is 4.52 Å². The number of nitrogens with zero attached hydrogens (tertiary/aromatic N) is 5. The fourth-order valence-corrected chi connectivity index (χ4v) is 1.03. The van der Waals surface area contributed by atoms with Gasteiger partial charge < -0.3 is 17.3 Å². The van der Waals surface area contributed by atoms with E-state index in [0.717, 1.165) is 6.33 Å². The highest BCUT2D eigenvalue weighted by molar-refractivity contribution is 7.88. The molecule has 0 N–H and O–H groups in total. The molecule has 0 saturated heterocycles. The molecule has 1 rings (SSSR count). The first-order valence-corrected chi connectivity index (χ1v) is 4.73. The highest BCUT2D eigenvalue weighted by Crippen LogP contribution is 2.06. The molecule has 0 aliphatic carbocycles. The lowest BCUT2D eigenvalue weighted by Gasteiger charge is -1.94. The van der Waals surface area contributed by atoms with Gasteiger partial charge in [-0.15, -0.1) is 0 Å². The lowest BCUT2D eigenvalue weighted by atomic mass is 10.3. The van der Waals surface area contributed by atoms with Gasteiger partial charge in [-0.25, -0.2) is 8.96 Å². The Morgan fingerprint density at radius 3 is 2.25 bits per heavy atom. The summed E-state index contributed by atoms with van der Waals surface area (Å²) in [4.78, 5) is 5.62. The van der Waals surface area contributed by atoms with Crippen LogP contribution in [-0.2, 0) is 10.2 Å². The average molecular weight is 261 g/mol. The third-order valence-electron chi connectivity index (χ3n) is 0.886. The normalized spacial score (nSPS) is 11.0. The third kappa shape index (κ3) is 6.67. The highest BCUT2D eigenvalue weighted by Gasteiger charge is 2.20. The van der Waals surface area contributed by atoms with Crippen molar-refractivity contribution in [3.63, 3.8) is 0 Å². The minimum absolute atomic E-state index is 0. The Morgan fingerprint density at radius 2 is 1.94 bits per heavy atom. The third-order valence-corrected chi connectivity index (χ3v) is 1.91. The van der Waals surface area contributed by atoms with E-state index in [1.54, 1.807) is 0 Å². The number of imidazole rings is 1. The van der Waals surface area contributed by atoms with Crippen LogP contribution in [0.4, 0.5) is 17.3 Å². The molecular formula is C3H4BF4N5O2S. The number of hydrogen-bond acceptors (Lipinski definition) is 3. The summed E-state index contributed by atoms with van der Waals surface area (Å²) in [5.74, 6) is 0. The van der Waals surface area contributed by atoms with E-state index in [2.05, 4.69) is 14.4 Å². The summed E-state index contributed by atoms with van der Waals surface area (Å²) in [6.45, 7) is 0. The SMILES string of the molecule is F[B-](F)(F)F.[H+].[N-]=[N+]=NS(=O)(=O)n1ccnc1. The zero-order chi connectivity index (χ0) is 12.8. The molecule has 0 aromatic carbocycles. The van der Waals surface area contributed by atoms with Crippen LogP contribution in [0.25, 0.3) is 10.4 Å². The van der Waals surface area contributed by atoms with Gasteiger partial charge in [0.05, 0.1) is 4.52 Å². The summed E-state index contributed by atoms with van der Waals surface area (Å²) in [6, 6.07) is 0. The molecule has 0 aliphatic rings. The van der Waals surface area contributed by atoms with Crippen LogP contribution >= 0.6 is 0 Å². The topological polar surface area (TPSA) is 101 Å². The second-order valence-corrected chi connectivity index (χ2v) is 3.52. The minimum atomic E-state index is -6.00. The summed E-state index contributed by atoms with van der Waals surface area (Å²) < 4.78 is 63.9. The quantitative estimate of drug-likeness (QED) is 0.266. The smallest absolute Gasteiger partial charge is 0.418 e. The maximum Gasteiger partial charge on any atom is 1.00 e. The van der Waals surface area contributed by atoms with Gasteiger partial charge in [-0.1, -0.05) is 0 Å². The molecule has 0 fully saturated rings. The molecule has 0 radical (unpaired) electrons. The van der Waals surface area contributed by atoms with E-state index < -0.39 is 17.5 Å². The van der Waals surface area contributed by atoms with E-state index in [4.69, 9.17) is 5.53 Å². The molecule has 1 aromatic rings. The number of halogens is 4. The minimum Gasteiger partial charge on any atom is -0.418 e. The van der Waals surface area contributed by atoms with E-state index in [1.165, 1.54) is 12.4 Å². The number of aromatic nitrogens is 2. The highest BCUT2D eigenvalue weighted by atomic mass is 32.2.